The SMILES string of the molecule is CN(C)C(=O)C1(C)CNCCN1C(=O)O. The largest absolute Gasteiger partial charge is 0.465 e. The van der Waals surface area contributed by atoms with Gasteiger partial charge in [0.1, 0.15) is 5.54 Å². The standard InChI is InChI=1S/C9H17N3O3/c1-9(7(13)11(2)3)6-10-4-5-12(9)8(14)15/h10H,4-6H2,1-3H3,(H,14,15). The molecule has 6 heteroatoms. The average molecular weight is 215 g/mol. The number of piperazine rings is 1. The Morgan fingerprint density at radius 3 is 2.53 bits per heavy atom. The summed E-state index contributed by atoms with van der Waals surface area (Å²) in [5, 5.41) is 12.1. The summed E-state index contributed by atoms with van der Waals surface area (Å²) in [4.78, 5) is 25.6. The van der Waals surface area contributed by atoms with Gasteiger partial charge in [-0.15, -0.1) is 0 Å². The molecular formula is C9H17N3O3. The van der Waals surface area contributed by atoms with Gasteiger partial charge in [-0.25, -0.2) is 4.79 Å². The van der Waals surface area contributed by atoms with Crippen LogP contribution in [0.3, 0.4) is 0 Å². The summed E-state index contributed by atoms with van der Waals surface area (Å²) in [5.41, 5.74) is -0.992. The van der Waals surface area contributed by atoms with E-state index in [0.29, 0.717) is 19.6 Å². The third kappa shape index (κ3) is 2.04. The molecule has 0 bridgehead atoms. The van der Waals surface area contributed by atoms with E-state index in [2.05, 4.69) is 5.32 Å². The van der Waals surface area contributed by atoms with Gasteiger partial charge in [0.2, 0.25) is 5.91 Å². The number of nitrogens with one attached hydrogen (secondary N) is 1. The van der Waals surface area contributed by atoms with Crippen LogP contribution in [-0.2, 0) is 4.79 Å². The number of carbonyl (C=O) groups excluding carboxylic acids is 1. The predicted octanol–water partition coefficient (Wildman–Crippen LogP) is -0.583. The zero-order valence-corrected chi connectivity index (χ0v) is 9.28. The molecule has 1 aliphatic heterocycles. The lowest BCUT2D eigenvalue weighted by Crippen LogP contribution is -2.67. The molecule has 1 fully saturated rings. The van der Waals surface area contributed by atoms with Crippen molar-refractivity contribution in [2.75, 3.05) is 33.7 Å². The maximum absolute atomic E-state index is 11.9. The van der Waals surface area contributed by atoms with Gasteiger partial charge in [0.25, 0.3) is 0 Å². The van der Waals surface area contributed by atoms with Crippen LogP contribution in [0, 0.1) is 0 Å². The van der Waals surface area contributed by atoms with Gasteiger partial charge >= 0.3 is 6.09 Å². The van der Waals surface area contributed by atoms with E-state index < -0.39 is 11.6 Å². The molecule has 0 spiro atoms. The Balaban J connectivity index is 2.95. The molecule has 1 rings (SSSR count). The van der Waals surface area contributed by atoms with E-state index in [1.54, 1.807) is 21.0 Å². The number of hydrogen-bond donors (Lipinski definition) is 2. The first kappa shape index (κ1) is 11.8. The van der Waals surface area contributed by atoms with E-state index in [1.165, 1.54) is 9.80 Å². The Morgan fingerprint density at radius 2 is 2.07 bits per heavy atom. The molecule has 0 saturated carbocycles. The van der Waals surface area contributed by atoms with Crippen LogP contribution in [0.1, 0.15) is 6.92 Å². The van der Waals surface area contributed by atoms with E-state index in [4.69, 9.17) is 5.11 Å². The van der Waals surface area contributed by atoms with Crippen molar-refractivity contribution >= 4 is 12.0 Å². The summed E-state index contributed by atoms with van der Waals surface area (Å²) in [5.74, 6) is -0.197. The number of hydrogen-bond acceptors (Lipinski definition) is 3. The van der Waals surface area contributed by atoms with Crippen LogP contribution < -0.4 is 5.32 Å². The van der Waals surface area contributed by atoms with Gasteiger partial charge in [-0.05, 0) is 6.92 Å². The topological polar surface area (TPSA) is 72.9 Å². The average Bonchev–Trinajstić information content (AvgIpc) is 2.16. The van der Waals surface area contributed by atoms with E-state index in [0.717, 1.165) is 0 Å². The summed E-state index contributed by atoms with van der Waals surface area (Å²) in [6.07, 6.45) is -1.05. The summed E-state index contributed by atoms with van der Waals surface area (Å²) < 4.78 is 0. The predicted molar refractivity (Wildman–Crippen MR) is 54.7 cm³/mol. The summed E-state index contributed by atoms with van der Waals surface area (Å²) in [6.45, 7) is 2.93. The van der Waals surface area contributed by atoms with Gasteiger partial charge in [-0.1, -0.05) is 0 Å². The van der Waals surface area contributed by atoms with E-state index in [9.17, 15) is 9.59 Å². The number of likely N-dealkylation sites (N-methyl/N-ethyl adjacent to an activating group) is 1. The van der Waals surface area contributed by atoms with Crippen LogP contribution in [0.4, 0.5) is 4.79 Å². The van der Waals surface area contributed by atoms with Crippen LogP contribution in [-0.4, -0.2) is 66.2 Å². The third-order valence-electron chi connectivity index (χ3n) is 2.67. The monoisotopic (exact) mass is 215 g/mol. The Bertz CT molecular complexity index is 280. The van der Waals surface area contributed by atoms with Crippen molar-refractivity contribution in [1.29, 1.82) is 0 Å². The van der Waals surface area contributed by atoms with Gasteiger partial charge < -0.3 is 15.3 Å². The van der Waals surface area contributed by atoms with Crippen LogP contribution in [0.5, 0.6) is 0 Å². The normalized spacial score (nSPS) is 26.2. The molecule has 1 unspecified atom stereocenters. The van der Waals surface area contributed by atoms with Crippen LogP contribution in [0.15, 0.2) is 0 Å². The summed E-state index contributed by atoms with van der Waals surface area (Å²) in [7, 11) is 3.25. The third-order valence-corrected chi connectivity index (χ3v) is 2.67. The lowest BCUT2D eigenvalue weighted by atomic mass is 9.96. The van der Waals surface area contributed by atoms with Crippen LogP contribution in [0.2, 0.25) is 0 Å². The fourth-order valence-electron chi connectivity index (χ4n) is 1.84. The molecule has 0 aromatic rings. The van der Waals surface area contributed by atoms with Crippen molar-refractivity contribution in [3.8, 4) is 0 Å². The minimum atomic E-state index is -1.05. The maximum atomic E-state index is 11.9. The second kappa shape index (κ2) is 4.06. The smallest absolute Gasteiger partial charge is 0.408 e. The first-order valence-corrected chi connectivity index (χ1v) is 4.82. The molecule has 2 N–H and O–H groups in total. The number of nitrogens with zero attached hydrogens (tertiary/aromatic N) is 2. The summed E-state index contributed by atoms with van der Waals surface area (Å²) >= 11 is 0. The molecule has 1 heterocycles. The van der Waals surface area contributed by atoms with Gasteiger partial charge in [-0.2, -0.15) is 0 Å². The van der Waals surface area contributed by atoms with Crippen molar-refractivity contribution in [2.45, 2.75) is 12.5 Å². The molecule has 0 aromatic heterocycles. The molecule has 2 amide bonds. The van der Waals surface area contributed by atoms with Crippen molar-refractivity contribution in [1.82, 2.24) is 15.1 Å². The van der Waals surface area contributed by atoms with Crippen molar-refractivity contribution in [3.05, 3.63) is 0 Å². The second-order valence-electron chi connectivity index (χ2n) is 4.08. The van der Waals surface area contributed by atoms with Gasteiger partial charge in [0.15, 0.2) is 0 Å². The molecular weight excluding hydrogens is 198 g/mol. The Kier molecular flexibility index (Phi) is 3.18. The molecule has 1 atom stereocenters. The molecule has 6 nitrogen and oxygen atoms in total. The van der Waals surface area contributed by atoms with Gasteiger partial charge in [0.05, 0.1) is 0 Å². The highest BCUT2D eigenvalue weighted by atomic mass is 16.4. The van der Waals surface area contributed by atoms with Crippen molar-refractivity contribution < 1.29 is 14.7 Å². The molecule has 15 heavy (non-hydrogen) atoms. The first-order valence-electron chi connectivity index (χ1n) is 4.82. The Morgan fingerprint density at radius 1 is 1.47 bits per heavy atom. The molecule has 0 radical (unpaired) electrons. The second-order valence-corrected chi connectivity index (χ2v) is 4.08. The highest BCUT2D eigenvalue weighted by molar-refractivity contribution is 5.89. The van der Waals surface area contributed by atoms with E-state index in [-0.39, 0.29) is 5.91 Å². The van der Waals surface area contributed by atoms with E-state index >= 15 is 0 Å². The maximum Gasteiger partial charge on any atom is 0.408 e. The summed E-state index contributed by atoms with van der Waals surface area (Å²) in [6, 6.07) is 0. The Hall–Kier alpha value is -1.30. The number of rotatable bonds is 1. The molecule has 0 aliphatic carbocycles. The zero-order valence-electron chi connectivity index (χ0n) is 9.28. The number of carbonyl (C=O) groups is 2. The molecule has 1 aliphatic rings. The highest BCUT2D eigenvalue weighted by Gasteiger charge is 2.44. The minimum absolute atomic E-state index is 0.197. The van der Waals surface area contributed by atoms with Crippen molar-refractivity contribution in [2.24, 2.45) is 0 Å². The lowest BCUT2D eigenvalue weighted by Gasteiger charge is -2.43. The van der Waals surface area contributed by atoms with Crippen LogP contribution in [0.25, 0.3) is 0 Å². The Labute approximate surface area is 88.8 Å². The molecule has 1 saturated heterocycles. The fraction of sp³-hybridized carbons (Fsp3) is 0.778. The molecule has 86 valence electrons. The first-order chi connectivity index (χ1) is 6.89. The van der Waals surface area contributed by atoms with Crippen molar-refractivity contribution in [3.63, 3.8) is 0 Å². The number of carboxylic acid groups (broad SMARTS) is 1. The van der Waals surface area contributed by atoms with Crippen LogP contribution >= 0.6 is 0 Å². The number of amides is 2. The molecule has 0 aromatic carbocycles. The zero-order chi connectivity index (χ0) is 11.6. The quantitative estimate of drug-likeness (QED) is 0.613. The minimum Gasteiger partial charge on any atom is -0.465 e. The fourth-order valence-corrected chi connectivity index (χ4v) is 1.84. The van der Waals surface area contributed by atoms with E-state index in [1.807, 2.05) is 0 Å². The lowest BCUT2D eigenvalue weighted by molar-refractivity contribution is -0.140. The van der Waals surface area contributed by atoms with Gasteiger partial charge in [0, 0.05) is 33.7 Å². The van der Waals surface area contributed by atoms with Gasteiger partial charge in [-0.3, -0.25) is 9.69 Å². The highest BCUT2D eigenvalue weighted by Crippen LogP contribution is 2.19.